The normalized spacial score (nSPS) is 16.2. The van der Waals surface area contributed by atoms with E-state index in [1.165, 1.54) is 11.3 Å². The maximum absolute atomic E-state index is 12.4. The maximum Gasteiger partial charge on any atom is 0.261 e. The van der Waals surface area contributed by atoms with Gasteiger partial charge in [0, 0.05) is 41.9 Å². The van der Waals surface area contributed by atoms with Gasteiger partial charge in [0.25, 0.3) is 5.91 Å². The number of thiophene rings is 1. The van der Waals surface area contributed by atoms with Gasteiger partial charge >= 0.3 is 0 Å². The lowest BCUT2D eigenvalue weighted by Gasteiger charge is -2.08. The van der Waals surface area contributed by atoms with Gasteiger partial charge in [0.15, 0.2) is 5.65 Å². The Kier molecular flexibility index (Phi) is 4.93. The minimum atomic E-state index is -0.0616. The lowest BCUT2D eigenvalue weighted by atomic mass is 10.1. The van der Waals surface area contributed by atoms with Crippen LogP contribution in [0.4, 0.5) is 0 Å². The van der Waals surface area contributed by atoms with Crippen molar-refractivity contribution in [1.82, 2.24) is 30.1 Å². The Morgan fingerprint density at radius 2 is 2.21 bits per heavy atom. The molecule has 0 aromatic carbocycles. The summed E-state index contributed by atoms with van der Waals surface area (Å²) in [5.74, 6) is -0.0616. The number of aromatic amines is 1. The summed E-state index contributed by atoms with van der Waals surface area (Å²) in [6.07, 6.45) is 9.90. The van der Waals surface area contributed by atoms with Gasteiger partial charge in [-0.05, 0) is 23.4 Å². The Morgan fingerprint density at radius 1 is 1.29 bits per heavy atom. The van der Waals surface area contributed by atoms with Gasteiger partial charge in [-0.15, -0.1) is 11.3 Å². The highest BCUT2D eigenvalue weighted by Crippen LogP contribution is 2.29. The van der Waals surface area contributed by atoms with Crippen molar-refractivity contribution in [3.8, 4) is 22.3 Å². The molecule has 0 saturated carbocycles. The van der Waals surface area contributed by atoms with Gasteiger partial charge in [0.2, 0.25) is 0 Å². The van der Waals surface area contributed by atoms with Gasteiger partial charge in [0.05, 0.1) is 29.9 Å². The van der Waals surface area contributed by atoms with E-state index in [0.717, 1.165) is 34.3 Å². The first-order valence-corrected chi connectivity index (χ1v) is 9.46. The Morgan fingerprint density at radius 3 is 3.00 bits per heavy atom. The summed E-state index contributed by atoms with van der Waals surface area (Å²) in [7, 11) is 0. The second kappa shape index (κ2) is 7.53. The number of nitrogens with zero attached hydrogens (tertiary/aromatic N) is 4. The van der Waals surface area contributed by atoms with E-state index in [4.69, 9.17) is 4.74 Å². The van der Waals surface area contributed by atoms with E-state index in [1.807, 2.05) is 23.8 Å². The molecule has 1 amide bonds. The van der Waals surface area contributed by atoms with Gasteiger partial charge in [0.1, 0.15) is 0 Å². The highest BCUT2D eigenvalue weighted by molar-refractivity contribution is 7.12. The molecular formula is C19H20N6O2S. The lowest BCUT2D eigenvalue weighted by molar-refractivity contribution is 0.0934. The maximum atomic E-state index is 12.4. The van der Waals surface area contributed by atoms with E-state index in [0.29, 0.717) is 18.1 Å². The van der Waals surface area contributed by atoms with Crippen LogP contribution in [0, 0.1) is 0 Å². The highest BCUT2D eigenvalue weighted by atomic mass is 32.1. The topological polar surface area (TPSA) is 97.2 Å². The predicted molar refractivity (Wildman–Crippen MR) is 107 cm³/mol. The minimum absolute atomic E-state index is 0. The summed E-state index contributed by atoms with van der Waals surface area (Å²) in [6.45, 7) is 1.29. The number of nitrogens with one attached hydrogen (secondary N) is 2. The number of hydrogen-bond acceptors (Lipinski definition) is 6. The summed E-state index contributed by atoms with van der Waals surface area (Å²) in [4.78, 5) is 17.7. The largest absolute Gasteiger partial charge is 0.379 e. The molecule has 5 heterocycles. The monoisotopic (exact) mass is 396 g/mol. The Hall–Kier alpha value is -3.04. The third-order valence-corrected chi connectivity index (χ3v) is 5.52. The number of hydrogen-bond donors (Lipinski definition) is 2. The van der Waals surface area contributed by atoms with Crippen molar-refractivity contribution in [2.75, 3.05) is 13.2 Å². The molecule has 1 aliphatic rings. The zero-order chi connectivity index (χ0) is 18.2. The Labute approximate surface area is 165 Å². The fraction of sp³-hybridized carbons (Fsp3) is 0.263. The van der Waals surface area contributed by atoms with Crippen LogP contribution in [0.2, 0.25) is 0 Å². The quantitative estimate of drug-likeness (QED) is 0.553. The molecular weight excluding hydrogens is 376 g/mol. The molecule has 2 N–H and O–H groups in total. The van der Waals surface area contributed by atoms with E-state index >= 15 is 0 Å². The molecule has 1 saturated heterocycles. The van der Waals surface area contributed by atoms with Crippen LogP contribution in [0.15, 0.2) is 42.4 Å². The molecule has 1 atom stereocenters. The molecule has 8 nitrogen and oxygen atoms in total. The van der Waals surface area contributed by atoms with Gasteiger partial charge in [-0.3, -0.25) is 9.89 Å². The summed E-state index contributed by atoms with van der Waals surface area (Å²) >= 11 is 1.42. The van der Waals surface area contributed by atoms with Crippen LogP contribution in [-0.2, 0) is 4.74 Å². The van der Waals surface area contributed by atoms with Crippen LogP contribution in [-0.4, -0.2) is 50.0 Å². The molecule has 4 aromatic rings. The third-order valence-electron chi connectivity index (χ3n) is 4.59. The first-order valence-electron chi connectivity index (χ1n) is 8.58. The van der Waals surface area contributed by atoms with E-state index in [2.05, 4.69) is 25.6 Å². The average molecular weight is 396 g/mol. The molecule has 0 bridgehead atoms. The molecule has 4 aromatic heterocycles. The minimum Gasteiger partial charge on any atom is -0.379 e. The van der Waals surface area contributed by atoms with Crippen molar-refractivity contribution >= 4 is 22.9 Å². The number of aromatic nitrogens is 5. The Balaban J connectivity index is 0.00000192. The number of fused-ring (bicyclic) bond motifs is 1. The molecule has 0 aliphatic carbocycles. The van der Waals surface area contributed by atoms with Gasteiger partial charge in [-0.25, -0.2) is 9.50 Å². The third kappa shape index (κ3) is 3.30. The van der Waals surface area contributed by atoms with Crippen LogP contribution in [0.3, 0.4) is 0 Å². The van der Waals surface area contributed by atoms with E-state index in [1.54, 1.807) is 23.1 Å². The first-order chi connectivity index (χ1) is 13.3. The van der Waals surface area contributed by atoms with Crippen molar-refractivity contribution < 1.29 is 9.53 Å². The van der Waals surface area contributed by atoms with Crippen LogP contribution in [0.1, 0.15) is 23.5 Å². The molecule has 1 fully saturated rings. The molecule has 1 unspecified atom stereocenters. The second-order valence-electron chi connectivity index (χ2n) is 6.39. The van der Waals surface area contributed by atoms with Crippen LogP contribution in [0.5, 0.6) is 0 Å². The van der Waals surface area contributed by atoms with Crippen molar-refractivity contribution in [2.45, 2.75) is 19.9 Å². The second-order valence-corrected chi connectivity index (χ2v) is 7.30. The standard InChI is InChI=1S/C18H16N6O2S.CH4/c25-18(23-14-1-2-26-9-14)16-3-11(10-27-16)15-7-22-24-8-13(4-19-17(15)24)12-5-20-21-6-12;/h3-8,10,14H,1-2,9H2,(H,20,21)(H,23,25);1H4. The van der Waals surface area contributed by atoms with Gasteiger partial charge in [-0.2, -0.15) is 10.2 Å². The number of ether oxygens (including phenoxy) is 1. The summed E-state index contributed by atoms with van der Waals surface area (Å²) in [5, 5.41) is 16.1. The van der Waals surface area contributed by atoms with Crippen LogP contribution < -0.4 is 5.32 Å². The average Bonchev–Trinajstić information content (AvgIpc) is 3.47. The van der Waals surface area contributed by atoms with Crippen molar-refractivity contribution in [2.24, 2.45) is 0 Å². The van der Waals surface area contributed by atoms with Crippen molar-refractivity contribution in [1.29, 1.82) is 0 Å². The Bertz CT molecular complexity index is 1090. The van der Waals surface area contributed by atoms with Crippen molar-refractivity contribution in [3.05, 3.63) is 47.3 Å². The summed E-state index contributed by atoms with van der Waals surface area (Å²) in [6, 6.07) is 1.99. The van der Waals surface area contributed by atoms with Gasteiger partial charge < -0.3 is 10.1 Å². The van der Waals surface area contributed by atoms with Crippen LogP contribution in [0.25, 0.3) is 27.9 Å². The number of carbonyl (C=O) groups is 1. The fourth-order valence-electron chi connectivity index (χ4n) is 3.14. The fourth-order valence-corrected chi connectivity index (χ4v) is 3.95. The first kappa shape index (κ1) is 18.3. The SMILES string of the molecule is C.O=C(NC1CCOC1)c1cc(-c2cnn3cc(-c4cn[nH]c4)cnc23)cs1. The zero-order valence-corrected chi connectivity index (χ0v) is 15.1. The van der Waals surface area contributed by atoms with E-state index in [9.17, 15) is 4.79 Å². The van der Waals surface area contributed by atoms with Crippen molar-refractivity contribution in [3.63, 3.8) is 0 Å². The smallest absolute Gasteiger partial charge is 0.261 e. The summed E-state index contributed by atoms with van der Waals surface area (Å²) in [5.41, 5.74) is 4.46. The molecule has 5 rings (SSSR count). The summed E-state index contributed by atoms with van der Waals surface area (Å²) < 4.78 is 7.05. The predicted octanol–water partition coefficient (Wildman–Crippen LogP) is 3.00. The molecule has 9 heteroatoms. The number of carbonyl (C=O) groups excluding carboxylic acids is 1. The number of H-pyrrole nitrogens is 1. The number of amides is 1. The molecule has 28 heavy (non-hydrogen) atoms. The molecule has 144 valence electrons. The highest BCUT2D eigenvalue weighted by Gasteiger charge is 2.20. The van der Waals surface area contributed by atoms with E-state index < -0.39 is 0 Å². The molecule has 0 radical (unpaired) electrons. The van der Waals surface area contributed by atoms with E-state index in [-0.39, 0.29) is 19.4 Å². The molecule has 1 aliphatic heterocycles. The zero-order valence-electron chi connectivity index (χ0n) is 14.3. The molecule has 0 spiro atoms. The van der Waals surface area contributed by atoms with Gasteiger partial charge in [-0.1, -0.05) is 7.43 Å². The lowest BCUT2D eigenvalue weighted by Crippen LogP contribution is -2.34. The van der Waals surface area contributed by atoms with Crippen LogP contribution >= 0.6 is 11.3 Å². The number of rotatable bonds is 4.